The molecule has 3 heterocycles. The van der Waals surface area contributed by atoms with E-state index in [1.807, 2.05) is 13.8 Å². The minimum absolute atomic E-state index is 0.0989. The molecule has 11 nitrogen and oxygen atoms in total. The van der Waals surface area contributed by atoms with Gasteiger partial charge in [0.25, 0.3) is 0 Å². The molecule has 0 radical (unpaired) electrons. The van der Waals surface area contributed by atoms with Crippen LogP contribution in [0.5, 0.6) is 0 Å². The van der Waals surface area contributed by atoms with E-state index >= 15 is 0 Å². The number of aliphatic hydroxyl groups is 3. The Bertz CT molecular complexity index is 1310. The van der Waals surface area contributed by atoms with Gasteiger partial charge < -0.3 is 38.7 Å². The molecule has 13 atom stereocenters. The van der Waals surface area contributed by atoms with E-state index in [1.165, 1.54) is 26.6 Å². The number of rotatable bonds is 4. The molecule has 1 unspecified atom stereocenters. The zero-order valence-electron chi connectivity index (χ0n) is 23.2. The van der Waals surface area contributed by atoms with Crippen molar-refractivity contribution in [3.05, 3.63) is 24.2 Å². The monoisotopic (exact) mass is 560 g/mol. The summed E-state index contributed by atoms with van der Waals surface area (Å²) in [5, 5.41) is 36.8. The fraction of sp³-hybridized carbons (Fsp3) is 0.759. The first-order valence-corrected chi connectivity index (χ1v) is 13.9. The average Bonchev–Trinajstić information content (AvgIpc) is 3.57. The molecule has 11 heteroatoms. The molecule has 1 aromatic heterocycles. The Kier molecular flexibility index (Phi) is 4.94. The quantitative estimate of drug-likeness (QED) is 0.361. The Hall–Kier alpha value is -2.47. The molecule has 4 aliphatic carbocycles. The molecule has 6 fully saturated rings. The van der Waals surface area contributed by atoms with E-state index in [9.17, 15) is 29.7 Å². The van der Waals surface area contributed by atoms with Gasteiger partial charge in [0.2, 0.25) is 0 Å². The summed E-state index contributed by atoms with van der Waals surface area (Å²) in [5.41, 5.74) is -7.33. The van der Waals surface area contributed by atoms with Crippen molar-refractivity contribution in [3.8, 4) is 0 Å². The van der Waals surface area contributed by atoms with Crippen LogP contribution in [-0.4, -0.2) is 75.5 Å². The lowest BCUT2D eigenvalue weighted by atomic mass is 9.45. The maximum atomic E-state index is 13.4. The Balaban J connectivity index is 1.52. The minimum atomic E-state index is -1.77. The first-order valence-electron chi connectivity index (χ1n) is 13.9. The Labute approximate surface area is 231 Å². The van der Waals surface area contributed by atoms with Gasteiger partial charge in [-0.15, -0.1) is 0 Å². The number of carbonyl (C=O) groups is 3. The molecule has 40 heavy (non-hydrogen) atoms. The Morgan fingerprint density at radius 2 is 1.95 bits per heavy atom. The number of ether oxygens (including phenoxy) is 4. The zero-order valence-corrected chi connectivity index (χ0v) is 23.2. The molecule has 1 spiro atoms. The number of hydrogen-bond donors (Lipinski definition) is 3. The summed E-state index contributed by atoms with van der Waals surface area (Å²) in [6.07, 6.45) is -1.08. The number of cyclic esters (lactones) is 1. The molecular formula is C29H36O11. The van der Waals surface area contributed by atoms with E-state index < -0.39 is 93.1 Å². The number of hydrogen-bond acceptors (Lipinski definition) is 11. The third-order valence-corrected chi connectivity index (χ3v) is 12.5. The van der Waals surface area contributed by atoms with Crippen LogP contribution >= 0.6 is 0 Å². The molecular weight excluding hydrogens is 524 g/mol. The van der Waals surface area contributed by atoms with Gasteiger partial charge in [-0.3, -0.25) is 9.59 Å². The molecule has 3 N–H and O–H groups in total. The third kappa shape index (κ3) is 2.41. The van der Waals surface area contributed by atoms with Crippen LogP contribution in [0.3, 0.4) is 0 Å². The number of methoxy groups -OCH3 is 1. The maximum Gasteiger partial charge on any atom is 0.335 e. The number of fused-ring (bicyclic) bond motifs is 2. The largest absolute Gasteiger partial charge is 0.472 e. The highest BCUT2D eigenvalue weighted by molar-refractivity contribution is 5.76. The second-order valence-corrected chi connectivity index (χ2v) is 13.7. The normalized spacial score (nSPS) is 54.0. The zero-order chi connectivity index (χ0) is 28.8. The molecule has 2 bridgehead atoms. The van der Waals surface area contributed by atoms with Gasteiger partial charge in [0.05, 0.1) is 44.2 Å². The summed E-state index contributed by atoms with van der Waals surface area (Å²) in [4.78, 5) is 39.0. The van der Waals surface area contributed by atoms with Crippen LogP contribution in [0.2, 0.25) is 0 Å². The van der Waals surface area contributed by atoms with Gasteiger partial charge in [-0.1, -0.05) is 20.8 Å². The molecule has 1 aromatic rings. The van der Waals surface area contributed by atoms with Crippen LogP contribution in [0.15, 0.2) is 23.0 Å². The maximum absolute atomic E-state index is 13.4. The van der Waals surface area contributed by atoms with E-state index in [0.29, 0.717) is 18.4 Å². The van der Waals surface area contributed by atoms with Crippen LogP contribution in [-0.2, 0) is 33.3 Å². The van der Waals surface area contributed by atoms with Crippen LogP contribution in [0.25, 0.3) is 0 Å². The van der Waals surface area contributed by atoms with Gasteiger partial charge >= 0.3 is 17.9 Å². The SMILES string of the molecule is COC(=O)[C@H](O)[C@H]1[C@@]2(C)CC3(OC(C)=O)[C@@H]4[C@@H](O[C@]56CC(=O)O[C@@H](c7ccoc7)[C@]5(C)CC[C@H]([C@]13C)[C@]46O)[C@H]2O. The Morgan fingerprint density at radius 3 is 2.58 bits per heavy atom. The predicted octanol–water partition coefficient (Wildman–Crippen LogP) is 1.43. The fourth-order valence-corrected chi connectivity index (χ4v) is 11.4. The summed E-state index contributed by atoms with van der Waals surface area (Å²) >= 11 is 0. The summed E-state index contributed by atoms with van der Waals surface area (Å²) in [7, 11) is 1.18. The molecule has 6 aliphatic rings. The van der Waals surface area contributed by atoms with Crippen molar-refractivity contribution in [2.24, 2.45) is 34.0 Å². The van der Waals surface area contributed by atoms with Gasteiger partial charge in [0.15, 0.2) is 6.10 Å². The predicted molar refractivity (Wildman–Crippen MR) is 132 cm³/mol. The summed E-state index contributed by atoms with van der Waals surface area (Å²) in [6.45, 7) is 6.83. The summed E-state index contributed by atoms with van der Waals surface area (Å²) in [5.74, 6) is -4.54. The second kappa shape index (κ2) is 7.48. The van der Waals surface area contributed by atoms with Crippen molar-refractivity contribution in [1.82, 2.24) is 0 Å². The van der Waals surface area contributed by atoms with Gasteiger partial charge in [0.1, 0.15) is 22.9 Å². The van der Waals surface area contributed by atoms with Crippen molar-refractivity contribution in [2.45, 2.75) is 94.6 Å². The van der Waals surface area contributed by atoms with Crippen LogP contribution < -0.4 is 0 Å². The fourth-order valence-electron chi connectivity index (χ4n) is 11.4. The van der Waals surface area contributed by atoms with Crippen molar-refractivity contribution >= 4 is 17.9 Å². The molecule has 0 amide bonds. The highest BCUT2D eigenvalue weighted by Crippen LogP contribution is 2.86. The number of carbonyl (C=O) groups excluding carboxylic acids is 3. The standard InChI is InChI=1S/C29H36O11/c1-13(30)39-27-12-24(2)19(17(32)23(34)36-5)26(27,4)15-6-8-25(3)22(14-7-9-37-11-14)38-16(31)10-28(25)29(15,35)20(27)18(40-28)21(24)33/h7,9,11,15,17-22,32-33,35H,6,8,10,12H2,1-5H3/t15-,17-,18-,19+,20+,21-,22+,24-,25+,26-,27?,28-,29+/m1/s1. The highest BCUT2D eigenvalue weighted by atomic mass is 16.6. The molecule has 218 valence electrons. The number of furan rings is 1. The van der Waals surface area contributed by atoms with E-state index in [4.69, 9.17) is 23.4 Å². The van der Waals surface area contributed by atoms with E-state index in [0.717, 1.165) is 0 Å². The Morgan fingerprint density at radius 1 is 1.23 bits per heavy atom. The number of aliphatic hydroxyl groups excluding tert-OH is 2. The molecule has 4 saturated carbocycles. The second-order valence-electron chi connectivity index (χ2n) is 13.7. The van der Waals surface area contributed by atoms with E-state index in [2.05, 4.69) is 0 Å². The van der Waals surface area contributed by atoms with Crippen LogP contribution in [0.4, 0.5) is 0 Å². The lowest BCUT2D eigenvalue weighted by Crippen LogP contribution is -2.72. The molecule has 0 aromatic carbocycles. The molecule has 2 aliphatic heterocycles. The minimum Gasteiger partial charge on any atom is -0.472 e. The smallest absolute Gasteiger partial charge is 0.335 e. The first-order chi connectivity index (χ1) is 18.7. The van der Waals surface area contributed by atoms with Gasteiger partial charge in [0, 0.05) is 40.6 Å². The lowest BCUT2D eigenvalue weighted by molar-refractivity contribution is -0.298. The van der Waals surface area contributed by atoms with E-state index in [-0.39, 0.29) is 12.8 Å². The van der Waals surface area contributed by atoms with Gasteiger partial charge in [-0.05, 0) is 25.3 Å². The van der Waals surface area contributed by atoms with E-state index in [1.54, 1.807) is 13.0 Å². The van der Waals surface area contributed by atoms with Crippen molar-refractivity contribution in [3.63, 3.8) is 0 Å². The third-order valence-electron chi connectivity index (χ3n) is 12.5. The first kappa shape index (κ1) is 26.4. The van der Waals surface area contributed by atoms with Crippen LogP contribution in [0.1, 0.15) is 65.0 Å². The van der Waals surface area contributed by atoms with Gasteiger partial charge in [-0.2, -0.15) is 0 Å². The lowest BCUT2D eigenvalue weighted by Gasteiger charge is -2.63. The highest BCUT2D eigenvalue weighted by Gasteiger charge is 2.96. The topological polar surface area (TPSA) is 162 Å². The van der Waals surface area contributed by atoms with Gasteiger partial charge in [-0.25, -0.2) is 4.79 Å². The average molecular weight is 561 g/mol. The van der Waals surface area contributed by atoms with Crippen molar-refractivity contribution < 1.29 is 53.1 Å². The summed E-state index contributed by atoms with van der Waals surface area (Å²) < 4.78 is 29.3. The van der Waals surface area contributed by atoms with Crippen molar-refractivity contribution in [2.75, 3.05) is 7.11 Å². The molecule has 2 saturated heterocycles. The molecule has 7 rings (SSSR count). The number of esters is 3. The van der Waals surface area contributed by atoms with Crippen molar-refractivity contribution in [1.29, 1.82) is 0 Å². The van der Waals surface area contributed by atoms with Crippen LogP contribution in [0, 0.1) is 34.0 Å². The summed E-state index contributed by atoms with van der Waals surface area (Å²) in [6, 6.07) is 1.72.